The van der Waals surface area contributed by atoms with Crippen LogP contribution in [-0.2, 0) is 6.42 Å². The Labute approximate surface area is 160 Å². The fourth-order valence-electron chi connectivity index (χ4n) is 3.94. The predicted molar refractivity (Wildman–Crippen MR) is 110 cm³/mol. The van der Waals surface area contributed by atoms with Crippen LogP contribution in [-0.4, -0.2) is 24.5 Å². The molecule has 144 valence electrons. The molecule has 0 aliphatic carbocycles. The van der Waals surface area contributed by atoms with Crippen molar-refractivity contribution in [2.24, 2.45) is 0 Å². The number of hydrogen-bond donors (Lipinski definition) is 2. The standard InChI is InChI=1S/C23H28F2N2/c1-4-5-18(12-15(2)3)23-20(14-22(24)25)19-13-17(6-7-21(19)27-23)16-8-10-26-11-9-16/h4-7,12-13,16,22,26-27H,2,8-11,14H2,1,3H3/b5-4-,18-12+. The van der Waals surface area contributed by atoms with Crippen LogP contribution in [0.15, 0.2) is 48.6 Å². The van der Waals surface area contributed by atoms with Gasteiger partial charge in [-0.25, -0.2) is 8.78 Å². The molecule has 2 heterocycles. The minimum Gasteiger partial charge on any atom is -0.354 e. The van der Waals surface area contributed by atoms with Gasteiger partial charge in [-0.1, -0.05) is 36.4 Å². The van der Waals surface area contributed by atoms with Gasteiger partial charge in [0.05, 0.1) is 0 Å². The molecule has 0 radical (unpaired) electrons. The number of allylic oxidation sites excluding steroid dienone is 5. The first-order chi connectivity index (χ1) is 13.0. The summed E-state index contributed by atoms with van der Waals surface area (Å²) in [6.07, 6.45) is 5.35. The molecule has 2 N–H and O–H groups in total. The number of nitrogens with one attached hydrogen (secondary N) is 2. The summed E-state index contributed by atoms with van der Waals surface area (Å²) in [4.78, 5) is 3.38. The molecule has 1 fully saturated rings. The minimum atomic E-state index is -2.39. The van der Waals surface area contributed by atoms with Crippen LogP contribution in [0.3, 0.4) is 0 Å². The molecule has 1 aliphatic heterocycles. The first-order valence-corrected chi connectivity index (χ1v) is 9.63. The first-order valence-electron chi connectivity index (χ1n) is 9.63. The van der Waals surface area contributed by atoms with Gasteiger partial charge >= 0.3 is 0 Å². The van der Waals surface area contributed by atoms with Crippen molar-refractivity contribution in [3.05, 3.63) is 65.4 Å². The summed E-state index contributed by atoms with van der Waals surface area (Å²) in [7, 11) is 0. The zero-order valence-corrected chi connectivity index (χ0v) is 16.1. The summed E-state index contributed by atoms with van der Waals surface area (Å²) >= 11 is 0. The van der Waals surface area contributed by atoms with E-state index in [0.717, 1.165) is 53.7 Å². The lowest BCUT2D eigenvalue weighted by Gasteiger charge is -2.23. The molecular formula is C23H28F2N2. The maximum atomic E-state index is 13.4. The van der Waals surface area contributed by atoms with Crippen molar-refractivity contribution in [2.45, 2.75) is 45.5 Å². The lowest BCUT2D eigenvalue weighted by Crippen LogP contribution is -2.26. The van der Waals surface area contributed by atoms with E-state index < -0.39 is 6.43 Å². The van der Waals surface area contributed by atoms with E-state index in [0.29, 0.717) is 11.5 Å². The van der Waals surface area contributed by atoms with Crippen LogP contribution >= 0.6 is 0 Å². The van der Waals surface area contributed by atoms with E-state index in [4.69, 9.17) is 0 Å². The third-order valence-corrected chi connectivity index (χ3v) is 5.14. The summed E-state index contributed by atoms with van der Waals surface area (Å²) in [6, 6.07) is 6.30. The topological polar surface area (TPSA) is 27.8 Å². The van der Waals surface area contributed by atoms with E-state index in [1.54, 1.807) is 0 Å². The molecule has 0 amide bonds. The van der Waals surface area contributed by atoms with Crippen LogP contribution in [0.25, 0.3) is 16.5 Å². The van der Waals surface area contributed by atoms with E-state index in [1.165, 1.54) is 5.56 Å². The monoisotopic (exact) mass is 370 g/mol. The Balaban J connectivity index is 2.14. The average Bonchev–Trinajstić information content (AvgIpc) is 2.99. The molecule has 4 heteroatoms. The van der Waals surface area contributed by atoms with E-state index in [1.807, 2.05) is 38.1 Å². The maximum Gasteiger partial charge on any atom is 0.242 e. The van der Waals surface area contributed by atoms with Crippen LogP contribution < -0.4 is 5.32 Å². The highest BCUT2D eigenvalue weighted by Gasteiger charge is 2.20. The van der Waals surface area contributed by atoms with Gasteiger partial charge in [-0.15, -0.1) is 0 Å². The second-order valence-electron chi connectivity index (χ2n) is 7.35. The third-order valence-electron chi connectivity index (χ3n) is 5.14. The second kappa shape index (κ2) is 8.66. The highest BCUT2D eigenvalue weighted by atomic mass is 19.3. The molecule has 0 unspecified atom stereocenters. The van der Waals surface area contributed by atoms with Crippen molar-refractivity contribution in [1.82, 2.24) is 10.3 Å². The summed E-state index contributed by atoms with van der Waals surface area (Å²) in [5.41, 5.74) is 5.41. The predicted octanol–water partition coefficient (Wildman–Crippen LogP) is 5.98. The Kier molecular flexibility index (Phi) is 6.27. The number of benzene rings is 1. The van der Waals surface area contributed by atoms with E-state index in [-0.39, 0.29) is 6.42 Å². The van der Waals surface area contributed by atoms with Crippen LogP contribution in [0.4, 0.5) is 8.78 Å². The molecule has 2 nitrogen and oxygen atoms in total. The molecule has 0 bridgehead atoms. The molecule has 1 aliphatic rings. The number of fused-ring (bicyclic) bond motifs is 1. The molecule has 1 aromatic carbocycles. The van der Waals surface area contributed by atoms with Gasteiger partial charge in [0.2, 0.25) is 6.43 Å². The zero-order chi connectivity index (χ0) is 19.4. The van der Waals surface area contributed by atoms with Gasteiger partial charge in [-0.05, 0) is 74.5 Å². The number of aromatic amines is 1. The second-order valence-corrected chi connectivity index (χ2v) is 7.35. The van der Waals surface area contributed by atoms with Crippen molar-refractivity contribution < 1.29 is 8.78 Å². The van der Waals surface area contributed by atoms with Gasteiger partial charge < -0.3 is 10.3 Å². The largest absolute Gasteiger partial charge is 0.354 e. The van der Waals surface area contributed by atoms with Gasteiger partial charge in [0.1, 0.15) is 0 Å². The smallest absolute Gasteiger partial charge is 0.242 e. The van der Waals surface area contributed by atoms with Crippen molar-refractivity contribution in [2.75, 3.05) is 13.1 Å². The number of piperidine rings is 1. The number of rotatable bonds is 6. The molecule has 2 aromatic rings. The Bertz CT molecular complexity index is 868. The highest BCUT2D eigenvalue weighted by molar-refractivity contribution is 5.92. The van der Waals surface area contributed by atoms with Crippen molar-refractivity contribution in [3.8, 4) is 0 Å². The van der Waals surface area contributed by atoms with E-state index in [9.17, 15) is 8.78 Å². The molecule has 0 saturated carbocycles. The Morgan fingerprint density at radius 3 is 2.67 bits per heavy atom. The van der Waals surface area contributed by atoms with Crippen LogP contribution in [0.2, 0.25) is 0 Å². The Morgan fingerprint density at radius 2 is 2.04 bits per heavy atom. The number of aromatic nitrogens is 1. The number of alkyl halides is 2. The average molecular weight is 370 g/mol. The molecular weight excluding hydrogens is 342 g/mol. The summed E-state index contributed by atoms with van der Waals surface area (Å²) in [5, 5.41) is 4.30. The van der Waals surface area contributed by atoms with Crippen LogP contribution in [0, 0.1) is 0 Å². The number of H-pyrrole nitrogens is 1. The fourth-order valence-corrected chi connectivity index (χ4v) is 3.94. The summed E-state index contributed by atoms with van der Waals surface area (Å²) in [6.45, 7) is 9.81. The van der Waals surface area contributed by atoms with Gasteiger partial charge in [0.15, 0.2) is 0 Å². The van der Waals surface area contributed by atoms with Gasteiger partial charge in [0.25, 0.3) is 0 Å². The number of halogens is 2. The molecule has 0 atom stereocenters. The first kappa shape index (κ1) is 19.6. The summed E-state index contributed by atoms with van der Waals surface area (Å²) < 4.78 is 26.8. The molecule has 0 spiro atoms. The molecule has 1 aromatic heterocycles. The number of hydrogen-bond acceptors (Lipinski definition) is 1. The lowest BCUT2D eigenvalue weighted by molar-refractivity contribution is 0.149. The zero-order valence-electron chi connectivity index (χ0n) is 16.1. The van der Waals surface area contributed by atoms with Gasteiger partial charge in [-0.2, -0.15) is 0 Å². The quantitative estimate of drug-likeness (QED) is 0.602. The molecule has 1 saturated heterocycles. The van der Waals surface area contributed by atoms with Crippen LogP contribution in [0.1, 0.15) is 49.4 Å². The van der Waals surface area contributed by atoms with Crippen LogP contribution in [0.5, 0.6) is 0 Å². The SMILES string of the molecule is C=C(C)/C=C(\C=C/C)c1[nH]c2ccc(C3CCNCC3)cc2c1CC(F)F. The van der Waals surface area contributed by atoms with E-state index >= 15 is 0 Å². The lowest BCUT2D eigenvalue weighted by atomic mass is 9.89. The van der Waals surface area contributed by atoms with Gasteiger partial charge in [0, 0.05) is 23.0 Å². The van der Waals surface area contributed by atoms with Crippen molar-refractivity contribution in [1.29, 1.82) is 0 Å². The Morgan fingerprint density at radius 1 is 1.30 bits per heavy atom. The molecule has 27 heavy (non-hydrogen) atoms. The fraction of sp³-hybridized carbons (Fsp3) is 0.391. The molecule has 3 rings (SSSR count). The van der Waals surface area contributed by atoms with Crippen molar-refractivity contribution in [3.63, 3.8) is 0 Å². The minimum absolute atomic E-state index is 0.254. The van der Waals surface area contributed by atoms with E-state index in [2.05, 4.69) is 29.0 Å². The Hall–Kier alpha value is -2.20. The maximum absolute atomic E-state index is 13.4. The summed E-state index contributed by atoms with van der Waals surface area (Å²) in [5.74, 6) is 0.495. The third kappa shape index (κ3) is 4.56. The van der Waals surface area contributed by atoms with Crippen molar-refractivity contribution >= 4 is 16.5 Å². The highest BCUT2D eigenvalue weighted by Crippen LogP contribution is 2.34. The normalized spacial score (nSPS) is 16.7. The van der Waals surface area contributed by atoms with Gasteiger partial charge in [-0.3, -0.25) is 0 Å².